The Labute approximate surface area is 93.9 Å². The average Bonchev–Trinajstić information content (AvgIpc) is 2.71. The van der Waals surface area contributed by atoms with Crippen LogP contribution in [0.15, 0.2) is 0 Å². The van der Waals surface area contributed by atoms with Crippen molar-refractivity contribution in [2.45, 2.75) is 31.3 Å². The number of aliphatic hydroxyl groups is 1. The summed E-state index contributed by atoms with van der Waals surface area (Å²) in [7, 11) is 0. The molecule has 1 N–H and O–H groups in total. The molecule has 0 unspecified atom stereocenters. The normalized spacial score (nSPS) is 18.7. The highest BCUT2D eigenvalue weighted by Crippen LogP contribution is 2.42. The van der Waals surface area contributed by atoms with Gasteiger partial charge >= 0.3 is 0 Å². The highest BCUT2D eigenvalue weighted by atomic mass is 19.2. The largest absolute Gasteiger partial charge is 0.385 e. The van der Waals surface area contributed by atoms with E-state index in [1.807, 2.05) is 0 Å². The van der Waals surface area contributed by atoms with Gasteiger partial charge < -0.3 is 5.11 Å². The zero-order valence-corrected chi connectivity index (χ0v) is 8.67. The first-order chi connectivity index (χ1) is 7.88. The van der Waals surface area contributed by atoms with Crippen LogP contribution in [0.25, 0.3) is 0 Å². The third-order valence-electron chi connectivity index (χ3n) is 3.11. The van der Waals surface area contributed by atoms with E-state index in [1.54, 1.807) is 0 Å². The Balaban J connectivity index is 2.69. The lowest BCUT2D eigenvalue weighted by molar-refractivity contribution is 0.0347. The molecule has 1 aromatic rings. The van der Waals surface area contributed by atoms with Gasteiger partial charge in [-0.3, -0.25) is 0 Å². The van der Waals surface area contributed by atoms with Crippen molar-refractivity contribution in [2.24, 2.45) is 0 Å². The van der Waals surface area contributed by atoms with Crippen molar-refractivity contribution in [1.29, 1.82) is 0 Å². The highest BCUT2D eigenvalue weighted by molar-refractivity contribution is 5.30. The molecule has 1 fully saturated rings. The van der Waals surface area contributed by atoms with Crippen LogP contribution in [0.5, 0.6) is 0 Å². The van der Waals surface area contributed by atoms with Crippen LogP contribution < -0.4 is 0 Å². The number of hydrogen-bond donors (Lipinski definition) is 1. The first-order valence-electron chi connectivity index (χ1n) is 5.13. The van der Waals surface area contributed by atoms with Gasteiger partial charge in [0.05, 0.1) is 11.2 Å². The molecule has 94 valence electrons. The summed E-state index contributed by atoms with van der Waals surface area (Å²) in [5.74, 6) is -10.1. The summed E-state index contributed by atoms with van der Waals surface area (Å²) in [6.07, 6.45) is 0.947. The third kappa shape index (κ3) is 1.71. The molecule has 0 radical (unpaired) electrons. The molecular formula is C11H9F5O. The van der Waals surface area contributed by atoms with Crippen molar-refractivity contribution in [2.75, 3.05) is 0 Å². The second-order valence-corrected chi connectivity index (χ2v) is 4.18. The van der Waals surface area contributed by atoms with Crippen LogP contribution in [0, 0.1) is 29.1 Å². The SMILES string of the molecule is OC1(c2c(F)c(F)c(F)c(F)c2F)CCCC1. The molecule has 2 rings (SSSR count). The van der Waals surface area contributed by atoms with E-state index in [-0.39, 0.29) is 12.8 Å². The zero-order valence-electron chi connectivity index (χ0n) is 8.67. The molecule has 1 aromatic carbocycles. The van der Waals surface area contributed by atoms with Crippen LogP contribution in [0.2, 0.25) is 0 Å². The maximum absolute atomic E-state index is 13.4. The van der Waals surface area contributed by atoms with E-state index in [9.17, 15) is 27.1 Å². The van der Waals surface area contributed by atoms with Crippen LogP contribution in [0.4, 0.5) is 22.0 Å². The fourth-order valence-electron chi connectivity index (χ4n) is 2.22. The van der Waals surface area contributed by atoms with Gasteiger partial charge in [0, 0.05) is 0 Å². The second-order valence-electron chi connectivity index (χ2n) is 4.18. The lowest BCUT2D eigenvalue weighted by Crippen LogP contribution is -2.26. The van der Waals surface area contributed by atoms with Crippen LogP contribution in [0.3, 0.4) is 0 Å². The topological polar surface area (TPSA) is 20.2 Å². The molecule has 0 atom stereocenters. The zero-order chi connectivity index (χ0) is 12.8. The molecule has 1 nitrogen and oxygen atoms in total. The van der Waals surface area contributed by atoms with Gasteiger partial charge in [-0.25, -0.2) is 22.0 Å². The predicted octanol–water partition coefficient (Wildman–Crippen LogP) is 3.14. The fraction of sp³-hybridized carbons (Fsp3) is 0.455. The van der Waals surface area contributed by atoms with Crippen LogP contribution in [-0.4, -0.2) is 5.11 Å². The Morgan fingerprint density at radius 2 is 1.06 bits per heavy atom. The fourth-order valence-corrected chi connectivity index (χ4v) is 2.22. The van der Waals surface area contributed by atoms with Gasteiger partial charge in [-0.15, -0.1) is 0 Å². The number of halogens is 5. The minimum atomic E-state index is -2.20. The van der Waals surface area contributed by atoms with Gasteiger partial charge in [0.2, 0.25) is 5.82 Å². The van der Waals surface area contributed by atoms with Gasteiger partial charge in [-0.05, 0) is 12.8 Å². The quantitative estimate of drug-likeness (QED) is 0.462. The van der Waals surface area contributed by atoms with E-state index in [0.29, 0.717) is 12.8 Å². The Morgan fingerprint density at radius 1 is 0.706 bits per heavy atom. The summed E-state index contributed by atoms with van der Waals surface area (Å²) in [4.78, 5) is 0. The molecule has 17 heavy (non-hydrogen) atoms. The standard InChI is InChI=1S/C11H9F5O/c12-6-5(11(17)3-1-2-4-11)7(13)9(15)10(16)8(6)14/h17H,1-4H2. The van der Waals surface area contributed by atoms with Crippen LogP contribution in [-0.2, 0) is 5.60 Å². The molecule has 1 saturated carbocycles. The lowest BCUT2D eigenvalue weighted by Gasteiger charge is -2.24. The molecule has 0 aliphatic heterocycles. The number of benzene rings is 1. The molecule has 0 aromatic heterocycles. The van der Waals surface area contributed by atoms with E-state index in [4.69, 9.17) is 0 Å². The van der Waals surface area contributed by atoms with Gasteiger partial charge in [0.1, 0.15) is 0 Å². The van der Waals surface area contributed by atoms with Gasteiger partial charge in [0.25, 0.3) is 0 Å². The van der Waals surface area contributed by atoms with E-state index in [2.05, 4.69) is 0 Å². The Kier molecular flexibility index (Phi) is 2.85. The van der Waals surface area contributed by atoms with Crippen molar-refractivity contribution in [3.05, 3.63) is 34.6 Å². The Morgan fingerprint density at radius 3 is 1.47 bits per heavy atom. The predicted molar refractivity (Wildman–Crippen MR) is 48.6 cm³/mol. The van der Waals surface area contributed by atoms with Crippen molar-refractivity contribution in [3.8, 4) is 0 Å². The average molecular weight is 252 g/mol. The summed E-state index contributed by atoms with van der Waals surface area (Å²) in [5, 5.41) is 9.93. The number of rotatable bonds is 1. The molecule has 1 aliphatic carbocycles. The summed E-state index contributed by atoms with van der Waals surface area (Å²) in [5.41, 5.74) is -3.06. The van der Waals surface area contributed by atoms with Gasteiger partial charge in [-0.2, -0.15) is 0 Å². The van der Waals surface area contributed by atoms with E-state index in [0.717, 1.165) is 0 Å². The van der Waals surface area contributed by atoms with Crippen molar-refractivity contribution >= 4 is 0 Å². The molecule has 0 spiro atoms. The maximum Gasteiger partial charge on any atom is 0.200 e. The van der Waals surface area contributed by atoms with Crippen LogP contribution >= 0.6 is 0 Å². The summed E-state index contributed by atoms with van der Waals surface area (Å²) >= 11 is 0. The highest BCUT2D eigenvalue weighted by Gasteiger charge is 2.41. The van der Waals surface area contributed by atoms with Gasteiger partial charge in [0.15, 0.2) is 23.3 Å². The molecule has 1 aliphatic rings. The first kappa shape index (κ1) is 12.3. The minimum Gasteiger partial charge on any atom is -0.385 e. The first-order valence-corrected chi connectivity index (χ1v) is 5.13. The van der Waals surface area contributed by atoms with E-state index < -0.39 is 40.3 Å². The van der Waals surface area contributed by atoms with E-state index >= 15 is 0 Å². The Bertz CT molecular complexity index is 436. The maximum atomic E-state index is 13.4. The molecule has 0 bridgehead atoms. The van der Waals surface area contributed by atoms with Crippen molar-refractivity contribution < 1.29 is 27.1 Å². The second kappa shape index (κ2) is 3.94. The molecule has 0 amide bonds. The number of hydrogen-bond acceptors (Lipinski definition) is 1. The smallest absolute Gasteiger partial charge is 0.200 e. The minimum absolute atomic E-state index is 0.00858. The molecule has 0 saturated heterocycles. The van der Waals surface area contributed by atoms with Gasteiger partial charge in [-0.1, -0.05) is 12.8 Å². The molecule has 0 heterocycles. The van der Waals surface area contributed by atoms with Crippen LogP contribution in [0.1, 0.15) is 31.2 Å². The third-order valence-corrected chi connectivity index (χ3v) is 3.11. The monoisotopic (exact) mass is 252 g/mol. The summed E-state index contributed by atoms with van der Waals surface area (Å²) in [6, 6.07) is 0. The van der Waals surface area contributed by atoms with Crippen molar-refractivity contribution in [1.82, 2.24) is 0 Å². The lowest BCUT2D eigenvalue weighted by atomic mass is 9.91. The summed E-state index contributed by atoms with van der Waals surface area (Å²) < 4.78 is 65.5. The summed E-state index contributed by atoms with van der Waals surface area (Å²) in [6.45, 7) is 0. The Hall–Kier alpha value is -1.17. The van der Waals surface area contributed by atoms with E-state index in [1.165, 1.54) is 0 Å². The molecule has 6 heteroatoms. The van der Waals surface area contributed by atoms with Crippen molar-refractivity contribution in [3.63, 3.8) is 0 Å². The molecular weight excluding hydrogens is 243 g/mol.